The molecule has 1 rings (SSSR count). The fourth-order valence-electron chi connectivity index (χ4n) is 1.53. The lowest BCUT2D eigenvalue weighted by Gasteiger charge is -2.22. The molecule has 6 heteroatoms. The molecule has 0 unspecified atom stereocenters. The predicted octanol–water partition coefficient (Wildman–Crippen LogP) is 3.29. The van der Waals surface area contributed by atoms with Crippen LogP contribution in [0.5, 0.6) is 0 Å². The standard InChI is InChI=1S/C13H16F3NO2/c1-9-3-5-10(6-4-9)17-11(13(14,15)16)7-8-12(18)19-2/h3-6,11,17H,7-8H2,1-2H3/t11-/m1/s1. The molecular weight excluding hydrogens is 259 g/mol. The molecule has 0 radical (unpaired) electrons. The Morgan fingerprint density at radius 3 is 2.37 bits per heavy atom. The minimum Gasteiger partial charge on any atom is -0.469 e. The zero-order chi connectivity index (χ0) is 14.5. The van der Waals surface area contributed by atoms with Crippen molar-refractivity contribution in [2.24, 2.45) is 0 Å². The molecule has 0 saturated carbocycles. The highest BCUT2D eigenvalue weighted by molar-refractivity contribution is 5.69. The Bertz CT molecular complexity index is 415. The van der Waals surface area contributed by atoms with Crippen molar-refractivity contribution in [2.45, 2.75) is 32.0 Å². The van der Waals surface area contributed by atoms with Gasteiger partial charge < -0.3 is 10.1 Å². The highest BCUT2D eigenvalue weighted by Gasteiger charge is 2.39. The average Bonchev–Trinajstić information content (AvgIpc) is 2.34. The minimum absolute atomic E-state index is 0.278. The van der Waals surface area contributed by atoms with E-state index in [-0.39, 0.29) is 12.8 Å². The van der Waals surface area contributed by atoms with Crippen LogP contribution >= 0.6 is 0 Å². The predicted molar refractivity (Wildman–Crippen MR) is 65.9 cm³/mol. The summed E-state index contributed by atoms with van der Waals surface area (Å²) in [5.74, 6) is -0.653. The minimum atomic E-state index is -4.42. The van der Waals surface area contributed by atoms with Gasteiger partial charge in [-0.2, -0.15) is 13.2 Å². The number of esters is 1. The molecule has 106 valence electrons. The second-order valence-corrected chi connectivity index (χ2v) is 4.22. The van der Waals surface area contributed by atoms with Crippen molar-refractivity contribution < 1.29 is 22.7 Å². The van der Waals surface area contributed by atoms with Crippen molar-refractivity contribution in [2.75, 3.05) is 12.4 Å². The van der Waals surface area contributed by atoms with Gasteiger partial charge in [-0.3, -0.25) is 4.79 Å². The van der Waals surface area contributed by atoms with E-state index in [4.69, 9.17) is 0 Å². The molecule has 0 aromatic heterocycles. The molecule has 0 aliphatic rings. The summed E-state index contributed by atoms with van der Waals surface area (Å²) >= 11 is 0. The van der Waals surface area contributed by atoms with Crippen LogP contribution in [0, 0.1) is 6.92 Å². The number of anilines is 1. The van der Waals surface area contributed by atoms with Gasteiger partial charge in [-0.25, -0.2) is 0 Å². The molecule has 1 atom stereocenters. The molecule has 0 saturated heterocycles. The largest absolute Gasteiger partial charge is 0.469 e. The van der Waals surface area contributed by atoms with Gasteiger partial charge in [-0.05, 0) is 25.5 Å². The summed E-state index contributed by atoms with van der Waals surface area (Å²) in [6.45, 7) is 1.85. The molecule has 19 heavy (non-hydrogen) atoms. The summed E-state index contributed by atoms with van der Waals surface area (Å²) in [6.07, 6.45) is -5.05. The van der Waals surface area contributed by atoms with Gasteiger partial charge in [0, 0.05) is 12.1 Å². The first-order chi connectivity index (χ1) is 8.82. The summed E-state index contributed by atoms with van der Waals surface area (Å²) in [7, 11) is 1.15. The second kappa shape index (κ2) is 6.45. The fourth-order valence-corrected chi connectivity index (χ4v) is 1.53. The monoisotopic (exact) mass is 275 g/mol. The van der Waals surface area contributed by atoms with Crippen LogP contribution in [0.15, 0.2) is 24.3 Å². The quantitative estimate of drug-likeness (QED) is 0.838. The summed E-state index contributed by atoms with van der Waals surface area (Å²) < 4.78 is 42.8. The highest BCUT2D eigenvalue weighted by atomic mass is 19.4. The number of ether oxygens (including phenoxy) is 1. The number of aryl methyl sites for hydroxylation is 1. The van der Waals surface area contributed by atoms with Crippen LogP contribution < -0.4 is 5.32 Å². The topological polar surface area (TPSA) is 38.3 Å². The van der Waals surface area contributed by atoms with E-state index in [2.05, 4.69) is 10.1 Å². The number of methoxy groups -OCH3 is 1. The number of hydrogen-bond donors (Lipinski definition) is 1. The normalized spacial score (nSPS) is 12.9. The smallest absolute Gasteiger partial charge is 0.408 e. The van der Waals surface area contributed by atoms with Crippen molar-refractivity contribution in [3.05, 3.63) is 29.8 Å². The number of nitrogens with one attached hydrogen (secondary N) is 1. The maximum absolute atomic E-state index is 12.8. The van der Waals surface area contributed by atoms with E-state index in [1.807, 2.05) is 6.92 Å². The second-order valence-electron chi connectivity index (χ2n) is 4.22. The number of carbonyl (C=O) groups excluding carboxylic acids is 1. The number of hydrogen-bond acceptors (Lipinski definition) is 3. The molecule has 1 aromatic carbocycles. The van der Waals surface area contributed by atoms with E-state index in [1.165, 1.54) is 0 Å². The van der Waals surface area contributed by atoms with Gasteiger partial charge in [0.1, 0.15) is 6.04 Å². The van der Waals surface area contributed by atoms with E-state index < -0.39 is 18.2 Å². The van der Waals surface area contributed by atoms with Crippen LogP contribution in [-0.4, -0.2) is 25.3 Å². The number of carbonyl (C=O) groups is 1. The van der Waals surface area contributed by atoms with Crippen LogP contribution in [-0.2, 0) is 9.53 Å². The molecule has 0 amide bonds. The van der Waals surface area contributed by atoms with Gasteiger partial charge >= 0.3 is 12.1 Å². The molecule has 0 bridgehead atoms. The van der Waals surface area contributed by atoms with Gasteiger partial charge in [0.05, 0.1) is 7.11 Å². The number of benzene rings is 1. The Morgan fingerprint density at radius 1 is 1.32 bits per heavy atom. The number of rotatable bonds is 5. The highest BCUT2D eigenvalue weighted by Crippen LogP contribution is 2.27. The molecule has 0 spiro atoms. The Balaban J connectivity index is 2.69. The zero-order valence-corrected chi connectivity index (χ0v) is 10.8. The summed E-state index contributed by atoms with van der Waals surface area (Å²) in [6, 6.07) is 4.82. The summed E-state index contributed by atoms with van der Waals surface area (Å²) in [5.41, 5.74) is 1.33. The zero-order valence-electron chi connectivity index (χ0n) is 10.8. The molecule has 3 nitrogen and oxygen atoms in total. The van der Waals surface area contributed by atoms with E-state index in [1.54, 1.807) is 24.3 Å². The Morgan fingerprint density at radius 2 is 1.89 bits per heavy atom. The lowest BCUT2D eigenvalue weighted by atomic mass is 10.1. The van der Waals surface area contributed by atoms with Gasteiger partial charge in [-0.15, -0.1) is 0 Å². The third-order valence-corrected chi connectivity index (χ3v) is 2.65. The first kappa shape index (κ1) is 15.3. The van der Waals surface area contributed by atoms with E-state index >= 15 is 0 Å². The number of halogens is 3. The lowest BCUT2D eigenvalue weighted by Crippen LogP contribution is -2.36. The summed E-state index contributed by atoms with van der Waals surface area (Å²) in [4.78, 5) is 10.9. The van der Waals surface area contributed by atoms with Crippen molar-refractivity contribution >= 4 is 11.7 Å². The summed E-state index contributed by atoms with van der Waals surface area (Å²) in [5, 5.41) is 2.39. The lowest BCUT2D eigenvalue weighted by molar-refractivity contribution is -0.149. The molecule has 0 heterocycles. The van der Waals surface area contributed by atoms with Crippen molar-refractivity contribution in [3.63, 3.8) is 0 Å². The maximum atomic E-state index is 12.8. The first-order valence-electron chi connectivity index (χ1n) is 5.79. The van der Waals surface area contributed by atoms with Gasteiger partial charge in [-0.1, -0.05) is 17.7 Å². The van der Waals surface area contributed by atoms with Gasteiger partial charge in [0.25, 0.3) is 0 Å². The van der Waals surface area contributed by atoms with Crippen LogP contribution in [0.3, 0.4) is 0 Å². The maximum Gasteiger partial charge on any atom is 0.408 e. The third-order valence-electron chi connectivity index (χ3n) is 2.65. The molecule has 0 aliphatic carbocycles. The first-order valence-corrected chi connectivity index (χ1v) is 5.79. The molecule has 1 N–H and O–H groups in total. The van der Waals surface area contributed by atoms with Crippen LogP contribution in [0.1, 0.15) is 18.4 Å². The van der Waals surface area contributed by atoms with Crippen molar-refractivity contribution in [1.29, 1.82) is 0 Å². The number of alkyl halides is 3. The molecular formula is C13H16F3NO2. The van der Waals surface area contributed by atoms with Gasteiger partial charge in [0.2, 0.25) is 0 Å². The third kappa shape index (κ3) is 5.19. The molecule has 0 fully saturated rings. The Hall–Kier alpha value is -1.72. The SMILES string of the molecule is COC(=O)CC[C@@H](Nc1ccc(C)cc1)C(F)(F)F. The Kier molecular flexibility index (Phi) is 5.20. The average molecular weight is 275 g/mol. The van der Waals surface area contributed by atoms with E-state index in [0.717, 1.165) is 12.7 Å². The van der Waals surface area contributed by atoms with E-state index in [9.17, 15) is 18.0 Å². The Labute approximate surface area is 109 Å². The van der Waals surface area contributed by atoms with Crippen molar-refractivity contribution in [3.8, 4) is 0 Å². The molecule has 0 aliphatic heterocycles. The van der Waals surface area contributed by atoms with Crippen LogP contribution in [0.4, 0.5) is 18.9 Å². The van der Waals surface area contributed by atoms with Gasteiger partial charge in [0.15, 0.2) is 0 Å². The molecule has 1 aromatic rings. The van der Waals surface area contributed by atoms with Crippen LogP contribution in [0.25, 0.3) is 0 Å². The fraction of sp³-hybridized carbons (Fsp3) is 0.462. The van der Waals surface area contributed by atoms with E-state index in [0.29, 0.717) is 5.69 Å². The van der Waals surface area contributed by atoms with Crippen LogP contribution in [0.2, 0.25) is 0 Å². The van der Waals surface area contributed by atoms with Crippen molar-refractivity contribution in [1.82, 2.24) is 0 Å².